The van der Waals surface area contributed by atoms with Crippen molar-refractivity contribution in [3.63, 3.8) is 0 Å². The summed E-state index contributed by atoms with van der Waals surface area (Å²) in [6, 6.07) is 3.79. The largest absolute Gasteiger partial charge is 0.340 e. The molecule has 1 aliphatic heterocycles. The van der Waals surface area contributed by atoms with E-state index in [2.05, 4.69) is 0 Å². The van der Waals surface area contributed by atoms with Gasteiger partial charge in [-0.05, 0) is 30.7 Å². The van der Waals surface area contributed by atoms with Gasteiger partial charge in [-0.15, -0.1) is 0 Å². The minimum atomic E-state index is -3.63. The van der Waals surface area contributed by atoms with Gasteiger partial charge < -0.3 is 4.90 Å². The van der Waals surface area contributed by atoms with Crippen LogP contribution in [0.2, 0.25) is 0 Å². The van der Waals surface area contributed by atoms with Crippen LogP contribution in [0.1, 0.15) is 18.9 Å². The van der Waals surface area contributed by atoms with E-state index in [0.717, 1.165) is 0 Å². The third-order valence-corrected chi connectivity index (χ3v) is 5.56. The first-order chi connectivity index (χ1) is 9.86. The second-order valence-electron chi connectivity index (χ2n) is 5.05. The molecule has 1 aromatic rings. The van der Waals surface area contributed by atoms with E-state index < -0.39 is 15.8 Å². The maximum absolute atomic E-state index is 13.3. The highest BCUT2D eigenvalue weighted by atomic mass is 32.2. The molecule has 0 spiro atoms. The smallest absolute Gasteiger partial charge is 0.243 e. The Morgan fingerprint density at radius 3 is 2.38 bits per heavy atom. The van der Waals surface area contributed by atoms with Gasteiger partial charge in [-0.1, -0.05) is 6.92 Å². The van der Waals surface area contributed by atoms with E-state index in [0.29, 0.717) is 25.1 Å². The molecule has 21 heavy (non-hydrogen) atoms. The van der Waals surface area contributed by atoms with Crippen molar-refractivity contribution in [2.75, 3.05) is 26.2 Å². The second-order valence-corrected chi connectivity index (χ2v) is 6.99. The molecule has 0 N–H and O–H groups in total. The lowest BCUT2D eigenvalue weighted by Crippen LogP contribution is -2.50. The highest BCUT2D eigenvalue weighted by Gasteiger charge is 2.29. The quantitative estimate of drug-likeness (QED) is 0.847. The zero-order valence-electron chi connectivity index (χ0n) is 12.2. The summed E-state index contributed by atoms with van der Waals surface area (Å²) in [7, 11) is -3.63. The van der Waals surface area contributed by atoms with Gasteiger partial charge in [-0.3, -0.25) is 4.79 Å². The second kappa shape index (κ2) is 6.11. The lowest BCUT2D eigenvalue weighted by atomic mass is 10.2. The van der Waals surface area contributed by atoms with Crippen LogP contribution in [-0.2, 0) is 14.8 Å². The number of hydrogen-bond donors (Lipinski definition) is 0. The molecule has 0 aromatic heterocycles. The van der Waals surface area contributed by atoms with Crippen LogP contribution in [0.5, 0.6) is 0 Å². The van der Waals surface area contributed by atoms with E-state index in [1.54, 1.807) is 11.8 Å². The van der Waals surface area contributed by atoms with E-state index in [1.165, 1.54) is 29.4 Å². The number of aryl methyl sites for hydroxylation is 1. The number of halogens is 1. The summed E-state index contributed by atoms with van der Waals surface area (Å²) in [5.41, 5.74) is 0.302. The van der Waals surface area contributed by atoms with Gasteiger partial charge in [-0.2, -0.15) is 4.31 Å². The molecule has 1 fully saturated rings. The van der Waals surface area contributed by atoms with Gasteiger partial charge in [0, 0.05) is 32.6 Å². The van der Waals surface area contributed by atoms with Gasteiger partial charge in [0.25, 0.3) is 0 Å². The molecular weight excluding hydrogens is 295 g/mol. The predicted octanol–water partition coefficient (Wildman–Crippen LogP) is 1.38. The molecule has 1 heterocycles. The first-order valence-corrected chi connectivity index (χ1v) is 8.34. The summed E-state index contributed by atoms with van der Waals surface area (Å²) in [6.07, 6.45) is 0.421. The minimum Gasteiger partial charge on any atom is -0.340 e. The fourth-order valence-electron chi connectivity index (χ4n) is 2.33. The number of carbonyl (C=O) groups excluding carboxylic acids is 1. The summed E-state index contributed by atoms with van der Waals surface area (Å²) in [5, 5.41) is 0. The fourth-order valence-corrected chi connectivity index (χ4v) is 3.84. The van der Waals surface area contributed by atoms with Gasteiger partial charge in [-0.25, -0.2) is 12.8 Å². The van der Waals surface area contributed by atoms with Crippen LogP contribution in [-0.4, -0.2) is 49.7 Å². The Morgan fingerprint density at radius 2 is 1.86 bits per heavy atom. The van der Waals surface area contributed by atoms with Gasteiger partial charge in [0.2, 0.25) is 15.9 Å². The molecule has 1 amide bonds. The number of benzene rings is 1. The van der Waals surface area contributed by atoms with Crippen molar-refractivity contribution in [2.24, 2.45) is 0 Å². The summed E-state index contributed by atoms with van der Waals surface area (Å²) in [6.45, 7) is 4.64. The van der Waals surface area contributed by atoms with Crippen molar-refractivity contribution in [3.8, 4) is 0 Å². The fraction of sp³-hybridized carbons (Fsp3) is 0.500. The molecule has 7 heteroatoms. The average Bonchev–Trinajstić information content (AvgIpc) is 2.49. The van der Waals surface area contributed by atoms with Crippen molar-refractivity contribution in [3.05, 3.63) is 29.6 Å². The normalized spacial score (nSPS) is 17.0. The van der Waals surface area contributed by atoms with Crippen LogP contribution in [0.4, 0.5) is 4.39 Å². The van der Waals surface area contributed by atoms with Crippen molar-refractivity contribution in [2.45, 2.75) is 25.2 Å². The van der Waals surface area contributed by atoms with Gasteiger partial charge in [0.1, 0.15) is 5.82 Å². The number of carbonyl (C=O) groups is 1. The highest BCUT2D eigenvalue weighted by Crippen LogP contribution is 2.20. The third kappa shape index (κ3) is 3.24. The summed E-state index contributed by atoms with van der Waals surface area (Å²) < 4.78 is 39.6. The molecule has 1 aliphatic rings. The molecule has 0 unspecified atom stereocenters. The molecule has 5 nitrogen and oxygen atoms in total. The number of piperazine rings is 1. The zero-order chi connectivity index (χ0) is 15.6. The van der Waals surface area contributed by atoms with Crippen molar-refractivity contribution < 1.29 is 17.6 Å². The Kier molecular flexibility index (Phi) is 4.63. The Bertz CT molecular complexity index is 638. The van der Waals surface area contributed by atoms with Gasteiger partial charge in [0.05, 0.1) is 4.90 Å². The number of amides is 1. The molecule has 0 saturated carbocycles. The molecule has 0 bridgehead atoms. The molecule has 116 valence electrons. The summed E-state index contributed by atoms with van der Waals surface area (Å²) in [4.78, 5) is 13.4. The van der Waals surface area contributed by atoms with E-state index in [9.17, 15) is 17.6 Å². The topological polar surface area (TPSA) is 57.7 Å². The first-order valence-electron chi connectivity index (χ1n) is 6.90. The molecule has 0 aliphatic carbocycles. The first kappa shape index (κ1) is 15.9. The lowest BCUT2D eigenvalue weighted by Gasteiger charge is -2.34. The monoisotopic (exact) mass is 314 g/mol. The maximum atomic E-state index is 13.3. The van der Waals surface area contributed by atoms with E-state index in [1.807, 2.05) is 0 Å². The maximum Gasteiger partial charge on any atom is 0.243 e. The average molecular weight is 314 g/mol. The molecule has 1 aromatic carbocycles. The van der Waals surface area contributed by atoms with E-state index >= 15 is 0 Å². The Balaban J connectivity index is 2.14. The molecule has 0 radical (unpaired) electrons. The van der Waals surface area contributed by atoms with Gasteiger partial charge in [0.15, 0.2) is 0 Å². The minimum absolute atomic E-state index is 0.0321. The summed E-state index contributed by atoms with van der Waals surface area (Å²) >= 11 is 0. The molecule has 1 saturated heterocycles. The van der Waals surface area contributed by atoms with E-state index in [4.69, 9.17) is 0 Å². The van der Waals surface area contributed by atoms with Gasteiger partial charge >= 0.3 is 0 Å². The van der Waals surface area contributed by atoms with Crippen LogP contribution < -0.4 is 0 Å². The number of nitrogens with zero attached hydrogens (tertiary/aromatic N) is 2. The third-order valence-electron chi connectivity index (χ3n) is 3.66. The predicted molar refractivity (Wildman–Crippen MR) is 76.8 cm³/mol. The number of rotatable bonds is 3. The van der Waals surface area contributed by atoms with Crippen LogP contribution in [0.3, 0.4) is 0 Å². The van der Waals surface area contributed by atoms with E-state index in [-0.39, 0.29) is 23.9 Å². The zero-order valence-corrected chi connectivity index (χ0v) is 13.0. The number of hydrogen-bond acceptors (Lipinski definition) is 3. The highest BCUT2D eigenvalue weighted by molar-refractivity contribution is 7.89. The molecule has 0 atom stereocenters. The SMILES string of the molecule is CCC(=O)N1CCN(S(=O)(=O)c2ccc(F)c(C)c2)CC1. The van der Waals surface area contributed by atoms with Crippen molar-refractivity contribution >= 4 is 15.9 Å². The van der Waals surface area contributed by atoms with Crippen molar-refractivity contribution in [1.82, 2.24) is 9.21 Å². The van der Waals surface area contributed by atoms with Crippen LogP contribution in [0.15, 0.2) is 23.1 Å². The molecular formula is C14H19FN2O3S. The Labute approximate surface area is 124 Å². The standard InChI is InChI=1S/C14H19FN2O3S/c1-3-14(18)16-6-8-17(9-7-16)21(19,20)12-4-5-13(15)11(2)10-12/h4-5,10H,3,6-9H2,1-2H3. The number of sulfonamides is 1. The molecule has 2 rings (SSSR count). The van der Waals surface area contributed by atoms with Crippen molar-refractivity contribution in [1.29, 1.82) is 0 Å². The summed E-state index contributed by atoms with van der Waals surface area (Å²) in [5.74, 6) is -0.392. The van der Waals surface area contributed by atoms with Crippen LogP contribution in [0, 0.1) is 12.7 Å². The van der Waals surface area contributed by atoms with Crippen LogP contribution in [0.25, 0.3) is 0 Å². The van der Waals surface area contributed by atoms with Crippen LogP contribution >= 0.6 is 0 Å². The Morgan fingerprint density at radius 1 is 1.24 bits per heavy atom. The lowest BCUT2D eigenvalue weighted by molar-refractivity contribution is -0.132. The Hall–Kier alpha value is -1.47.